The van der Waals surface area contributed by atoms with Gasteiger partial charge in [-0.2, -0.15) is 5.26 Å². The van der Waals surface area contributed by atoms with Crippen LogP contribution in [0.4, 0.5) is 5.69 Å². The topological polar surface area (TPSA) is 62.1 Å². The molecule has 0 heterocycles. The standard InChI is InChI=1S/C15H20N2O2/c1-10(2)19-13-7-6-12(8-11(13)9-16)17-14(18)15(3,4)5/h6-8,10H,1-5H3,(H,17,18). The summed E-state index contributed by atoms with van der Waals surface area (Å²) in [6.07, 6.45) is 0.00196. The van der Waals surface area contributed by atoms with E-state index in [-0.39, 0.29) is 12.0 Å². The van der Waals surface area contributed by atoms with Crippen molar-refractivity contribution < 1.29 is 9.53 Å². The summed E-state index contributed by atoms with van der Waals surface area (Å²) in [5.41, 5.74) is 0.549. The van der Waals surface area contributed by atoms with Crippen molar-refractivity contribution in [1.29, 1.82) is 5.26 Å². The van der Waals surface area contributed by atoms with E-state index in [1.54, 1.807) is 18.2 Å². The molecule has 4 nitrogen and oxygen atoms in total. The number of anilines is 1. The Labute approximate surface area is 114 Å². The molecule has 0 aliphatic rings. The van der Waals surface area contributed by atoms with E-state index in [2.05, 4.69) is 11.4 Å². The first kappa shape index (κ1) is 15.0. The number of nitrogens with one attached hydrogen (secondary N) is 1. The molecular weight excluding hydrogens is 240 g/mol. The van der Waals surface area contributed by atoms with Gasteiger partial charge in [-0.3, -0.25) is 4.79 Å². The van der Waals surface area contributed by atoms with E-state index in [4.69, 9.17) is 10.00 Å². The van der Waals surface area contributed by atoms with Crippen molar-refractivity contribution in [3.63, 3.8) is 0 Å². The predicted molar refractivity (Wildman–Crippen MR) is 75.0 cm³/mol. The molecule has 0 bridgehead atoms. The third-order valence-electron chi connectivity index (χ3n) is 2.40. The van der Waals surface area contributed by atoms with Gasteiger partial charge in [0.05, 0.1) is 11.7 Å². The fraction of sp³-hybridized carbons (Fsp3) is 0.467. The first-order chi connectivity index (χ1) is 8.74. The Morgan fingerprint density at radius 3 is 2.47 bits per heavy atom. The molecule has 0 aromatic heterocycles. The van der Waals surface area contributed by atoms with Gasteiger partial charge in [-0.25, -0.2) is 0 Å². The number of rotatable bonds is 3. The van der Waals surface area contributed by atoms with Crippen molar-refractivity contribution in [2.24, 2.45) is 5.41 Å². The summed E-state index contributed by atoms with van der Waals surface area (Å²) >= 11 is 0. The number of amides is 1. The van der Waals surface area contributed by atoms with Gasteiger partial charge in [0.2, 0.25) is 5.91 Å². The lowest BCUT2D eigenvalue weighted by atomic mass is 9.95. The molecule has 1 rings (SSSR count). The molecule has 1 aromatic rings. The molecule has 0 fully saturated rings. The normalized spacial score (nSPS) is 11.0. The van der Waals surface area contributed by atoms with Crippen molar-refractivity contribution in [2.75, 3.05) is 5.32 Å². The van der Waals surface area contributed by atoms with Crippen LogP contribution in [0.5, 0.6) is 5.75 Å². The Morgan fingerprint density at radius 1 is 1.37 bits per heavy atom. The van der Waals surface area contributed by atoms with Crippen LogP contribution in [0, 0.1) is 16.7 Å². The molecule has 0 atom stereocenters. The molecule has 19 heavy (non-hydrogen) atoms. The maximum atomic E-state index is 11.9. The summed E-state index contributed by atoms with van der Waals surface area (Å²) in [5.74, 6) is 0.445. The summed E-state index contributed by atoms with van der Waals surface area (Å²) in [6.45, 7) is 9.31. The Morgan fingerprint density at radius 2 is 2.00 bits per heavy atom. The van der Waals surface area contributed by atoms with Crippen molar-refractivity contribution in [3.8, 4) is 11.8 Å². The van der Waals surface area contributed by atoms with Crippen LogP contribution in [-0.4, -0.2) is 12.0 Å². The smallest absolute Gasteiger partial charge is 0.229 e. The van der Waals surface area contributed by atoms with Crippen LogP contribution in [0.25, 0.3) is 0 Å². The second-order valence-corrected chi connectivity index (χ2v) is 5.69. The molecule has 0 radical (unpaired) electrons. The number of carbonyl (C=O) groups excluding carboxylic acids is 1. The van der Waals surface area contributed by atoms with Crippen LogP contribution in [-0.2, 0) is 4.79 Å². The number of nitriles is 1. The van der Waals surface area contributed by atoms with Crippen molar-refractivity contribution >= 4 is 11.6 Å². The molecule has 1 N–H and O–H groups in total. The van der Waals surface area contributed by atoms with Crippen LogP contribution < -0.4 is 10.1 Å². The number of ether oxygens (including phenoxy) is 1. The fourth-order valence-corrected chi connectivity index (χ4v) is 1.37. The summed E-state index contributed by atoms with van der Waals surface area (Å²) in [4.78, 5) is 11.9. The van der Waals surface area contributed by atoms with E-state index in [1.807, 2.05) is 34.6 Å². The van der Waals surface area contributed by atoms with Crippen LogP contribution in [0.3, 0.4) is 0 Å². The lowest BCUT2D eigenvalue weighted by Gasteiger charge is -2.18. The molecule has 0 saturated heterocycles. The highest BCUT2D eigenvalue weighted by Gasteiger charge is 2.21. The minimum Gasteiger partial charge on any atom is -0.490 e. The highest BCUT2D eigenvalue weighted by atomic mass is 16.5. The van der Waals surface area contributed by atoms with E-state index in [1.165, 1.54) is 0 Å². The number of hydrogen-bond acceptors (Lipinski definition) is 3. The average Bonchev–Trinajstić information content (AvgIpc) is 2.29. The first-order valence-corrected chi connectivity index (χ1v) is 6.26. The third-order valence-corrected chi connectivity index (χ3v) is 2.40. The van der Waals surface area contributed by atoms with Gasteiger partial charge in [-0.15, -0.1) is 0 Å². The molecule has 0 spiro atoms. The quantitative estimate of drug-likeness (QED) is 0.906. The average molecular weight is 260 g/mol. The molecule has 4 heteroatoms. The Hall–Kier alpha value is -2.02. The lowest BCUT2D eigenvalue weighted by Crippen LogP contribution is -2.27. The van der Waals surface area contributed by atoms with Crippen LogP contribution in [0.1, 0.15) is 40.2 Å². The van der Waals surface area contributed by atoms with Crippen LogP contribution in [0.2, 0.25) is 0 Å². The Balaban J connectivity index is 2.95. The van der Waals surface area contributed by atoms with Gasteiger partial charge in [0.25, 0.3) is 0 Å². The molecule has 1 aromatic carbocycles. The Kier molecular flexibility index (Phi) is 4.55. The fourth-order valence-electron chi connectivity index (χ4n) is 1.37. The Bertz CT molecular complexity index is 508. The van der Waals surface area contributed by atoms with Crippen molar-refractivity contribution in [3.05, 3.63) is 23.8 Å². The molecule has 0 unspecified atom stereocenters. The highest BCUT2D eigenvalue weighted by Crippen LogP contribution is 2.24. The van der Waals surface area contributed by atoms with Gasteiger partial charge in [-0.1, -0.05) is 20.8 Å². The zero-order valence-electron chi connectivity index (χ0n) is 12.1. The maximum Gasteiger partial charge on any atom is 0.229 e. The third kappa shape index (κ3) is 4.29. The van der Waals surface area contributed by atoms with Gasteiger partial charge in [0, 0.05) is 11.1 Å². The first-order valence-electron chi connectivity index (χ1n) is 6.26. The van der Waals surface area contributed by atoms with Gasteiger partial charge in [-0.05, 0) is 32.0 Å². The van der Waals surface area contributed by atoms with E-state index in [0.29, 0.717) is 17.0 Å². The summed E-state index contributed by atoms with van der Waals surface area (Å²) in [7, 11) is 0. The molecule has 1 amide bonds. The minimum absolute atomic E-state index is 0.00196. The predicted octanol–water partition coefficient (Wildman–Crippen LogP) is 3.33. The zero-order chi connectivity index (χ0) is 14.6. The zero-order valence-corrected chi connectivity index (χ0v) is 12.1. The summed E-state index contributed by atoms with van der Waals surface area (Å²) in [6, 6.07) is 7.15. The molecule has 0 aliphatic heterocycles. The lowest BCUT2D eigenvalue weighted by molar-refractivity contribution is -0.123. The molecule has 0 saturated carbocycles. The van der Waals surface area contributed by atoms with Gasteiger partial charge >= 0.3 is 0 Å². The summed E-state index contributed by atoms with van der Waals surface area (Å²) in [5, 5.41) is 11.9. The van der Waals surface area contributed by atoms with E-state index < -0.39 is 5.41 Å². The number of hydrogen-bond donors (Lipinski definition) is 1. The van der Waals surface area contributed by atoms with Crippen LogP contribution >= 0.6 is 0 Å². The molecular formula is C15H20N2O2. The largest absolute Gasteiger partial charge is 0.490 e. The second-order valence-electron chi connectivity index (χ2n) is 5.69. The second kappa shape index (κ2) is 5.75. The van der Waals surface area contributed by atoms with Crippen molar-refractivity contribution in [1.82, 2.24) is 0 Å². The van der Waals surface area contributed by atoms with Gasteiger partial charge in [0.1, 0.15) is 11.8 Å². The summed E-state index contributed by atoms with van der Waals surface area (Å²) < 4.78 is 5.53. The number of benzene rings is 1. The molecule has 102 valence electrons. The van der Waals surface area contributed by atoms with Gasteiger partial charge < -0.3 is 10.1 Å². The van der Waals surface area contributed by atoms with Gasteiger partial charge in [0.15, 0.2) is 0 Å². The monoisotopic (exact) mass is 260 g/mol. The van der Waals surface area contributed by atoms with Crippen LogP contribution in [0.15, 0.2) is 18.2 Å². The maximum absolute atomic E-state index is 11.9. The minimum atomic E-state index is -0.472. The number of carbonyl (C=O) groups is 1. The highest BCUT2D eigenvalue weighted by molar-refractivity contribution is 5.94. The molecule has 0 aliphatic carbocycles. The SMILES string of the molecule is CC(C)Oc1ccc(NC(=O)C(C)(C)C)cc1C#N. The number of nitrogens with zero attached hydrogens (tertiary/aromatic N) is 1. The van der Waals surface area contributed by atoms with E-state index in [0.717, 1.165) is 0 Å². The van der Waals surface area contributed by atoms with E-state index >= 15 is 0 Å². The van der Waals surface area contributed by atoms with Crippen molar-refractivity contribution in [2.45, 2.75) is 40.7 Å². The van der Waals surface area contributed by atoms with E-state index in [9.17, 15) is 4.79 Å².